The average molecular weight is 269 g/mol. The summed E-state index contributed by atoms with van der Waals surface area (Å²) in [6.07, 6.45) is 7.75. The lowest BCUT2D eigenvalue weighted by Gasteiger charge is -2.19. The van der Waals surface area contributed by atoms with Crippen LogP contribution in [0.3, 0.4) is 0 Å². The van der Waals surface area contributed by atoms with Crippen LogP contribution >= 0.6 is 0 Å². The van der Waals surface area contributed by atoms with E-state index in [0.717, 1.165) is 32.0 Å². The summed E-state index contributed by atoms with van der Waals surface area (Å²) in [5.41, 5.74) is 0. The monoisotopic (exact) mass is 269 g/mol. The van der Waals surface area contributed by atoms with E-state index in [-0.39, 0.29) is 0 Å². The minimum Gasteiger partial charge on any atom is -0.279 e. The van der Waals surface area contributed by atoms with Gasteiger partial charge in [0.1, 0.15) is 0 Å². The Morgan fingerprint density at radius 1 is 0.895 bits per heavy atom. The van der Waals surface area contributed by atoms with Crippen LogP contribution in [0.25, 0.3) is 0 Å². The van der Waals surface area contributed by atoms with Crippen molar-refractivity contribution in [2.45, 2.75) is 73.1 Å². The van der Waals surface area contributed by atoms with Crippen molar-refractivity contribution in [3.63, 3.8) is 0 Å². The van der Waals surface area contributed by atoms with Gasteiger partial charge < -0.3 is 0 Å². The molecule has 19 heavy (non-hydrogen) atoms. The van der Waals surface area contributed by atoms with Crippen LogP contribution in [0.4, 0.5) is 0 Å². The normalized spacial score (nSPS) is 11.9. The Morgan fingerprint density at radius 3 is 2.16 bits per heavy atom. The van der Waals surface area contributed by atoms with Crippen LogP contribution in [-0.2, 0) is 0 Å². The second-order valence-corrected chi connectivity index (χ2v) is 6.36. The van der Waals surface area contributed by atoms with E-state index in [1.807, 2.05) is 0 Å². The molecular formula is C16H35N3. The molecule has 0 aromatic carbocycles. The summed E-state index contributed by atoms with van der Waals surface area (Å²) in [5, 5.41) is 10.7. The van der Waals surface area contributed by atoms with E-state index in [0.29, 0.717) is 5.92 Å². The third-order valence-corrected chi connectivity index (χ3v) is 3.04. The number of hydrogen-bond donors (Lipinski definition) is 0. The summed E-state index contributed by atoms with van der Waals surface area (Å²) in [5.74, 6) is 1.50. The molecule has 0 aromatic rings. The zero-order valence-electron chi connectivity index (χ0n) is 13.9. The van der Waals surface area contributed by atoms with Crippen LogP contribution < -0.4 is 0 Å². The van der Waals surface area contributed by atoms with Crippen LogP contribution in [0.2, 0.25) is 0 Å². The number of unbranched alkanes of at least 4 members (excludes halogenated alkanes) is 3. The van der Waals surface area contributed by atoms with Crippen molar-refractivity contribution < 1.29 is 0 Å². The van der Waals surface area contributed by atoms with Gasteiger partial charge in [0.15, 0.2) is 0 Å². The molecule has 0 atom stereocenters. The Labute approximate surface area is 120 Å². The summed E-state index contributed by atoms with van der Waals surface area (Å²) in [6.45, 7) is 14.2. The van der Waals surface area contributed by atoms with Gasteiger partial charge in [0.05, 0.1) is 6.54 Å². The second-order valence-electron chi connectivity index (χ2n) is 6.36. The van der Waals surface area contributed by atoms with Gasteiger partial charge in [-0.05, 0) is 24.7 Å². The first-order valence-electron chi connectivity index (χ1n) is 8.18. The van der Waals surface area contributed by atoms with Crippen LogP contribution in [-0.4, -0.2) is 24.6 Å². The molecule has 0 aromatic heterocycles. The predicted octanol–water partition coefficient (Wildman–Crippen LogP) is 5.33. The van der Waals surface area contributed by atoms with Crippen molar-refractivity contribution in [3.05, 3.63) is 0 Å². The molecule has 0 saturated carbocycles. The molecule has 0 bridgehead atoms. The lowest BCUT2D eigenvalue weighted by atomic mass is 10.0. The molecule has 114 valence electrons. The maximum absolute atomic E-state index is 4.36. The third-order valence-electron chi connectivity index (χ3n) is 3.04. The standard InChI is InChI=1S/C16H35N3/c1-6-12-17-18-19(14-16(4)5)13-10-8-7-9-11-15(2)3/h15-16H,6-14H2,1-5H3. The van der Waals surface area contributed by atoms with Crippen molar-refractivity contribution in [1.82, 2.24) is 5.01 Å². The van der Waals surface area contributed by atoms with Crippen LogP contribution in [0.5, 0.6) is 0 Å². The van der Waals surface area contributed by atoms with Crippen molar-refractivity contribution in [2.24, 2.45) is 22.2 Å². The quantitative estimate of drug-likeness (QED) is 0.267. The molecule has 0 rings (SSSR count). The van der Waals surface area contributed by atoms with Gasteiger partial charge in [-0.2, -0.15) is 5.11 Å². The number of nitrogens with zero attached hydrogens (tertiary/aromatic N) is 3. The van der Waals surface area contributed by atoms with Crippen molar-refractivity contribution >= 4 is 0 Å². The fraction of sp³-hybridized carbons (Fsp3) is 1.00. The molecule has 0 aliphatic heterocycles. The highest BCUT2D eigenvalue weighted by atomic mass is 15.5. The van der Waals surface area contributed by atoms with E-state index in [2.05, 4.69) is 50.0 Å². The lowest BCUT2D eigenvalue weighted by Crippen LogP contribution is -2.23. The van der Waals surface area contributed by atoms with Crippen LogP contribution in [0.15, 0.2) is 10.3 Å². The van der Waals surface area contributed by atoms with E-state index >= 15 is 0 Å². The molecule has 0 N–H and O–H groups in total. The summed E-state index contributed by atoms with van der Waals surface area (Å²) >= 11 is 0. The first-order valence-corrected chi connectivity index (χ1v) is 8.18. The third kappa shape index (κ3) is 13.6. The van der Waals surface area contributed by atoms with Gasteiger partial charge in [-0.25, -0.2) is 0 Å². The molecule has 0 aliphatic carbocycles. The van der Waals surface area contributed by atoms with Gasteiger partial charge in [0.25, 0.3) is 0 Å². The minimum absolute atomic E-state index is 0.654. The predicted molar refractivity (Wildman–Crippen MR) is 84.3 cm³/mol. The fourth-order valence-electron chi connectivity index (χ4n) is 2.03. The first kappa shape index (κ1) is 18.4. The summed E-state index contributed by atoms with van der Waals surface area (Å²) in [6, 6.07) is 0. The fourth-order valence-corrected chi connectivity index (χ4v) is 2.03. The van der Waals surface area contributed by atoms with Gasteiger partial charge in [-0.15, -0.1) is 0 Å². The van der Waals surface area contributed by atoms with E-state index in [9.17, 15) is 0 Å². The molecule has 0 aliphatic rings. The topological polar surface area (TPSA) is 28.0 Å². The summed E-state index contributed by atoms with van der Waals surface area (Å²) < 4.78 is 0. The van der Waals surface area contributed by atoms with Gasteiger partial charge in [0.2, 0.25) is 0 Å². The lowest BCUT2D eigenvalue weighted by molar-refractivity contribution is 0.230. The molecule has 0 spiro atoms. The molecule has 3 heteroatoms. The van der Waals surface area contributed by atoms with Gasteiger partial charge >= 0.3 is 0 Å². The molecule has 0 fully saturated rings. The number of rotatable bonds is 12. The molecule has 0 unspecified atom stereocenters. The number of hydrogen-bond acceptors (Lipinski definition) is 2. The van der Waals surface area contributed by atoms with Crippen molar-refractivity contribution in [3.8, 4) is 0 Å². The summed E-state index contributed by atoms with van der Waals surface area (Å²) in [4.78, 5) is 0. The van der Waals surface area contributed by atoms with Crippen LogP contribution in [0, 0.1) is 11.8 Å². The zero-order chi connectivity index (χ0) is 14.5. The SMILES string of the molecule is CCCN=NN(CCCCCCC(C)C)CC(C)C. The maximum Gasteiger partial charge on any atom is 0.0617 e. The van der Waals surface area contributed by atoms with E-state index < -0.39 is 0 Å². The Hall–Kier alpha value is -0.600. The Kier molecular flexibility index (Phi) is 12.0. The highest BCUT2D eigenvalue weighted by molar-refractivity contribution is 4.56. The van der Waals surface area contributed by atoms with E-state index in [1.54, 1.807) is 0 Å². The molecule has 3 nitrogen and oxygen atoms in total. The average Bonchev–Trinajstić information content (AvgIpc) is 2.32. The highest BCUT2D eigenvalue weighted by Crippen LogP contribution is 2.10. The molecule has 0 amide bonds. The zero-order valence-corrected chi connectivity index (χ0v) is 13.9. The van der Waals surface area contributed by atoms with Crippen molar-refractivity contribution in [1.29, 1.82) is 0 Å². The molecular weight excluding hydrogens is 234 g/mol. The summed E-state index contributed by atoms with van der Waals surface area (Å²) in [7, 11) is 0. The molecule has 0 saturated heterocycles. The smallest absolute Gasteiger partial charge is 0.0617 e. The molecule has 0 radical (unpaired) electrons. The Bertz CT molecular complexity index is 212. The molecule has 0 heterocycles. The van der Waals surface area contributed by atoms with Crippen molar-refractivity contribution in [2.75, 3.05) is 19.6 Å². The largest absolute Gasteiger partial charge is 0.279 e. The van der Waals surface area contributed by atoms with Crippen LogP contribution in [0.1, 0.15) is 73.1 Å². The van der Waals surface area contributed by atoms with Gasteiger partial charge in [0, 0.05) is 13.1 Å². The highest BCUT2D eigenvalue weighted by Gasteiger charge is 2.04. The Balaban J connectivity index is 3.73. The van der Waals surface area contributed by atoms with Gasteiger partial charge in [-0.1, -0.05) is 65.5 Å². The second kappa shape index (κ2) is 12.4. The van der Waals surface area contributed by atoms with Gasteiger partial charge in [-0.3, -0.25) is 5.01 Å². The van der Waals surface area contributed by atoms with E-state index in [4.69, 9.17) is 0 Å². The maximum atomic E-state index is 4.36. The van der Waals surface area contributed by atoms with E-state index in [1.165, 1.54) is 32.1 Å². The minimum atomic E-state index is 0.654. The Morgan fingerprint density at radius 2 is 1.58 bits per heavy atom. The first-order chi connectivity index (χ1) is 9.06.